The Morgan fingerprint density at radius 3 is 2.18 bits per heavy atom. The third kappa shape index (κ3) is 11.0. The number of ether oxygens (including phenoxy) is 1. The molecule has 3 aromatic carbocycles. The Morgan fingerprint density at radius 1 is 0.980 bits per heavy atom. The lowest BCUT2D eigenvalue weighted by Gasteiger charge is -2.35. The highest BCUT2D eigenvalue weighted by Crippen LogP contribution is 2.36. The van der Waals surface area contributed by atoms with E-state index in [0.29, 0.717) is 49.0 Å². The van der Waals surface area contributed by atoms with Gasteiger partial charge in [-0.05, 0) is 87.6 Å². The number of nitrogens with zero attached hydrogens (tertiary/aromatic N) is 4. The number of aliphatic hydroxyl groups excluding tert-OH is 1. The fraction of sp³-hybridized carbons (Fsp3) is 0.421. The number of phenols is 2. The van der Waals surface area contributed by atoms with E-state index in [2.05, 4.69) is 11.4 Å². The molecule has 0 unspecified atom stereocenters. The van der Waals surface area contributed by atoms with Gasteiger partial charge in [0.1, 0.15) is 23.1 Å². The van der Waals surface area contributed by atoms with Crippen molar-refractivity contribution in [1.82, 2.24) is 15.1 Å². The van der Waals surface area contributed by atoms with Crippen LogP contribution in [0.3, 0.4) is 0 Å². The lowest BCUT2D eigenvalue weighted by molar-refractivity contribution is -0.120. The molecule has 0 saturated carbocycles. The van der Waals surface area contributed by atoms with E-state index in [1.54, 1.807) is 48.2 Å². The van der Waals surface area contributed by atoms with Crippen molar-refractivity contribution in [3.63, 3.8) is 0 Å². The molecular weight excluding hydrogens is 622 g/mol. The predicted molar refractivity (Wildman–Crippen MR) is 190 cm³/mol. The normalized spacial score (nSPS) is 15.4. The van der Waals surface area contributed by atoms with Crippen molar-refractivity contribution >= 4 is 17.8 Å². The number of likely N-dealkylation sites (tertiary alicyclic amines) is 1. The van der Waals surface area contributed by atoms with Crippen LogP contribution in [-0.2, 0) is 10.2 Å². The number of urea groups is 1. The van der Waals surface area contributed by atoms with Crippen LogP contribution in [0.15, 0.2) is 77.8 Å². The first-order chi connectivity index (χ1) is 23.6. The van der Waals surface area contributed by atoms with Gasteiger partial charge >= 0.3 is 6.03 Å². The highest BCUT2D eigenvalue weighted by molar-refractivity contribution is 6.10. The minimum absolute atomic E-state index is 0.0148. The number of aromatic hydroxyl groups is 2. The molecule has 2 aliphatic rings. The van der Waals surface area contributed by atoms with Crippen LogP contribution in [0.2, 0.25) is 0 Å². The summed E-state index contributed by atoms with van der Waals surface area (Å²) in [5.74, 6) is 1.69. The van der Waals surface area contributed by atoms with Crippen LogP contribution < -0.4 is 10.1 Å². The summed E-state index contributed by atoms with van der Waals surface area (Å²) < 4.78 is 5.93. The molecule has 1 atom stereocenters. The molecule has 0 aromatic heterocycles. The zero-order chi connectivity index (χ0) is 35.8. The van der Waals surface area contributed by atoms with Gasteiger partial charge in [-0.2, -0.15) is 5.26 Å². The van der Waals surface area contributed by atoms with E-state index in [1.807, 2.05) is 62.1 Å². The number of benzene rings is 3. The molecule has 0 radical (unpaired) electrons. The molecule has 3 amide bonds. The number of nitrogens with one attached hydrogen (secondary N) is 1. The third-order valence-corrected chi connectivity index (χ3v) is 8.10. The number of amidine groups is 1. The maximum absolute atomic E-state index is 13.9. The number of nitriles is 1. The first-order valence-corrected chi connectivity index (χ1v) is 16.8. The molecular formula is C38H49N5O6. The molecule has 0 aliphatic carbocycles. The first kappa shape index (κ1) is 38.4. The number of carbonyl (C=O) groups excluding carboxylic acids is 2. The van der Waals surface area contributed by atoms with Crippen LogP contribution in [0.4, 0.5) is 4.79 Å². The van der Waals surface area contributed by atoms with Crippen molar-refractivity contribution in [2.75, 3.05) is 39.4 Å². The summed E-state index contributed by atoms with van der Waals surface area (Å²) in [4.78, 5) is 32.7. The van der Waals surface area contributed by atoms with E-state index in [-0.39, 0.29) is 30.3 Å². The number of para-hydroxylation sites is 1. The Hall–Kier alpha value is -5.08. The quantitative estimate of drug-likeness (QED) is 0.232. The second-order valence-corrected chi connectivity index (χ2v) is 12.1. The second-order valence-electron chi connectivity index (χ2n) is 12.1. The summed E-state index contributed by atoms with van der Waals surface area (Å²) in [6.45, 7) is 10.2. The molecule has 11 heteroatoms. The molecule has 262 valence electrons. The smallest absolute Gasteiger partial charge is 0.326 e. The fourth-order valence-electron chi connectivity index (χ4n) is 5.29. The number of hydrogen-bond donors (Lipinski definition) is 4. The molecule has 2 aliphatic heterocycles. The first-order valence-electron chi connectivity index (χ1n) is 16.8. The van der Waals surface area contributed by atoms with E-state index in [1.165, 1.54) is 0 Å². The van der Waals surface area contributed by atoms with E-state index in [9.17, 15) is 20.0 Å². The Labute approximate surface area is 289 Å². The molecule has 2 heterocycles. The van der Waals surface area contributed by atoms with E-state index >= 15 is 0 Å². The average molecular weight is 672 g/mol. The number of aliphatic hydroxyl groups is 1. The highest BCUT2D eigenvalue weighted by atomic mass is 16.5. The van der Waals surface area contributed by atoms with Crippen molar-refractivity contribution in [1.29, 1.82) is 5.26 Å². The number of rotatable bonds is 8. The minimum Gasteiger partial charge on any atom is -0.508 e. The maximum atomic E-state index is 13.9. The Balaban J connectivity index is 0.000000358. The van der Waals surface area contributed by atoms with Gasteiger partial charge in [0.2, 0.25) is 5.91 Å². The van der Waals surface area contributed by atoms with Crippen LogP contribution in [0.1, 0.15) is 76.1 Å². The molecule has 5 rings (SSSR count). The fourth-order valence-corrected chi connectivity index (χ4v) is 5.29. The summed E-state index contributed by atoms with van der Waals surface area (Å²) in [5, 5.41) is 38.8. The summed E-state index contributed by atoms with van der Waals surface area (Å²) in [6.07, 6.45) is 3.60. The number of hydrogen-bond acceptors (Lipinski definition) is 8. The minimum atomic E-state index is -0.698. The van der Waals surface area contributed by atoms with Crippen LogP contribution >= 0.6 is 0 Å². The van der Waals surface area contributed by atoms with Gasteiger partial charge in [0, 0.05) is 26.1 Å². The number of carbonyl (C=O) groups is 2. The van der Waals surface area contributed by atoms with Crippen LogP contribution in [0.25, 0.3) is 0 Å². The standard InChI is InChI=1S/C27H32N4O3.C6H6O.C5H11NO2/c1-4-34-24-13-10-20(27(2,3)18-28)16-22(24)25-29-17-23(19-8-11-21(32)12-9-19)31(25)26(33)30-14-6-5-7-15-30;7-6-4-2-1-3-5-6;1-2-5(8)6-3-4-7/h8-13,16,23,32H,4-7,14-15,17H2,1-3H3;1-5,7H;7H,2-4H2,1H3,(H,6,8)/t23-;;/m0../s1. The molecule has 0 spiro atoms. The van der Waals surface area contributed by atoms with Crippen molar-refractivity contribution < 1.29 is 29.6 Å². The number of amides is 3. The van der Waals surface area contributed by atoms with E-state index in [0.717, 1.165) is 43.5 Å². The van der Waals surface area contributed by atoms with Gasteiger partial charge in [0.15, 0.2) is 0 Å². The van der Waals surface area contributed by atoms with Gasteiger partial charge in [0.25, 0.3) is 0 Å². The van der Waals surface area contributed by atoms with Gasteiger partial charge in [-0.3, -0.25) is 14.7 Å². The molecule has 4 N–H and O–H groups in total. The molecule has 49 heavy (non-hydrogen) atoms. The number of aliphatic imine (C=N–C) groups is 1. The Bertz CT molecular complexity index is 1560. The monoisotopic (exact) mass is 671 g/mol. The van der Waals surface area contributed by atoms with Gasteiger partial charge in [-0.1, -0.05) is 43.3 Å². The van der Waals surface area contributed by atoms with E-state index < -0.39 is 5.41 Å². The molecule has 11 nitrogen and oxygen atoms in total. The zero-order valence-corrected chi connectivity index (χ0v) is 28.9. The highest BCUT2D eigenvalue weighted by Gasteiger charge is 2.39. The van der Waals surface area contributed by atoms with Gasteiger partial charge in [-0.25, -0.2) is 4.79 Å². The lowest BCUT2D eigenvalue weighted by Crippen LogP contribution is -2.48. The Morgan fingerprint density at radius 2 is 1.63 bits per heavy atom. The van der Waals surface area contributed by atoms with Crippen LogP contribution in [0, 0.1) is 11.3 Å². The predicted octanol–water partition coefficient (Wildman–Crippen LogP) is 5.90. The van der Waals surface area contributed by atoms with Gasteiger partial charge < -0.3 is 30.3 Å². The maximum Gasteiger partial charge on any atom is 0.326 e. The summed E-state index contributed by atoms with van der Waals surface area (Å²) in [5.41, 5.74) is 1.77. The van der Waals surface area contributed by atoms with Gasteiger partial charge in [0.05, 0.1) is 42.8 Å². The molecule has 0 bridgehead atoms. The SMILES string of the molecule is CCC(=O)NCCO.CCOc1ccc(C(C)(C)C#N)cc1C1=NC[C@@H](c2ccc(O)cc2)N1C(=O)N1CCCCC1.Oc1ccccc1. The third-order valence-electron chi connectivity index (χ3n) is 8.10. The van der Waals surface area contributed by atoms with Crippen LogP contribution in [0.5, 0.6) is 17.2 Å². The van der Waals surface area contributed by atoms with E-state index in [4.69, 9.17) is 19.9 Å². The lowest BCUT2D eigenvalue weighted by atomic mass is 9.85. The number of phenolic OH excluding ortho intramolecular Hbond substituents is 2. The summed E-state index contributed by atoms with van der Waals surface area (Å²) >= 11 is 0. The molecule has 1 saturated heterocycles. The zero-order valence-electron chi connectivity index (χ0n) is 28.9. The van der Waals surface area contributed by atoms with Crippen molar-refractivity contribution in [3.05, 3.63) is 89.5 Å². The van der Waals surface area contributed by atoms with Crippen molar-refractivity contribution in [3.8, 4) is 23.3 Å². The summed E-state index contributed by atoms with van der Waals surface area (Å²) in [6, 6.07) is 23.4. The molecule has 1 fully saturated rings. The second kappa shape index (κ2) is 19.1. The van der Waals surface area contributed by atoms with Crippen LogP contribution in [-0.4, -0.2) is 82.3 Å². The van der Waals surface area contributed by atoms with Crippen molar-refractivity contribution in [2.45, 2.75) is 64.8 Å². The molecule has 3 aromatic rings. The summed E-state index contributed by atoms with van der Waals surface area (Å²) in [7, 11) is 0. The largest absolute Gasteiger partial charge is 0.508 e. The van der Waals surface area contributed by atoms with Gasteiger partial charge in [-0.15, -0.1) is 0 Å². The topological polar surface area (TPSA) is 159 Å². The number of piperidine rings is 1. The Kier molecular flexibility index (Phi) is 14.9. The average Bonchev–Trinajstić information content (AvgIpc) is 3.57. The van der Waals surface area contributed by atoms with Crippen molar-refractivity contribution in [2.24, 2.45) is 4.99 Å².